The fourth-order valence-electron chi connectivity index (χ4n) is 2.10. The Labute approximate surface area is 68.8 Å². The summed E-state index contributed by atoms with van der Waals surface area (Å²) in [6.45, 7) is 1.06. The summed E-state index contributed by atoms with van der Waals surface area (Å²) >= 11 is 0. The van der Waals surface area contributed by atoms with Crippen LogP contribution in [0.3, 0.4) is 0 Å². The second-order valence-corrected chi connectivity index (χ2v) is 3.74. The predicted octanol–water partition coefficient (Wildman–Crippen LogP) is 1.28. The van der Waals surface area contributed by atoms with Crippen LogP contribution in [0.5, 0.6) is 0 Å². The summed E-state index contributed by atoms with van der Waals surface area (Å²) < 4.78 is 0. The van der Waals surface area contributed by atoms with Gasteiger partial charge >= 0.3 is 0 Å². The maximum Gasteiger partial charge on any atom is 0.0436 e. The molecule has 2 heteroatoms. The predicted molar refractivity (Wildman–Crippen MR) is 46.3 cm³/mol. The largest absolute Gasteiger partial charge is 0.396 e. The summed E-state index contributed by atoms with van der Waals surface area (Å²) in [4.78, 5) is 0. The van der Waals surface area contributed by atoms with Crippen LogP contribution < -0.4 is 5.73 Å². The van der Waals surface area contributed by atoms with Gasteiger partial charge in [0.15, 0.2) is 0 Å². The molecule has 1 rings (SSSR count). The molecule has 0 atom stereocenters. The van der Waals surface area contributed by atoms with Gasteiger partial charge in [-0.25, -0.2) is 0 Å². The molecular weight excluding hydrogens is 138 g/mol. The lowest BCUT2D eigenvalue weighted by Gasteiger charge is -2.35. The van der Waals surface area contributed by atoms with Crippen molar-refractivity contribution in [3.05, 3.63) is 0 Å². The summed E-state index contributed by atoms with van der Waals surface area (Å²) in [7, 11) is 0. The molecule has 0 heterocycles. The van der Waals surface area contributed by atoms with E-state index in [4.69, 9.17) is 10.8 Å². The number of aliphatic hydroxyl groups excluding tert-OH is 1. The van der Waals surface area contributed by atoms with Crippen molar-refractivity contribution in [1.82, 2.24) is 0 Å². The number of rotatable bonds is 3. The molecule has 0 aromatic rings. The van der Waals surface area contributed by atoms with Gasteiger partial charge in [0.05, 0.1) is 0 Å². The second-order valence-electron chi connectivity index (χ2n) is 3.74. The van der Waals surface area contributed by atoms with E-state index in [1.807, 2.05) is 0 Å². The molecule has 11 heavy (non-hydrogen) atoms. The van der Waals surface area contributed by atoms with Gasteiger partial charge in [0.1, 0.15) is 0 Å². The van der Waals surface area contributed by atoms with Crippen LogP contribution in [0.2, 0.25) is 0 Å². The average molecular weight is 157 g/mol. The van der Waals surface area contributed by atoms with E-state index in [1.165, 1.54) is 32.1 Å². The molecule has 2 nitrogen and oxygen atoms in total. The molecular formula is C9H19NO. The minimum Gasteiger partial charge on any atom is -0.396 e. The molecule has 0 aliphatic heterocycles. The first-order valence-corrected chi connectivity index (χ1v) is 4.64. The molecule has 1 fully saturated rings. The van der Waals surface area contributed by atoms with Crippen molar-refractivity contribution < 1.29 is 5.11 Å². The average Bonchev–Trinajstić information content (AvgIpc) is 2.07. The number of aliphatic hydroxyl groups is 1. The van der Waals surface area contributed by atoms with E-state index in [9.17, 15) is 0 Å². The van der Waals surface area contributed by atoms with Crippen LogP contribution in [-0.4, -0.2) is 18.3 Å². The molecule has 0 amide bonds. The highest BCUT2D eigenvalue weighted by Gasteiger charge is 2.29. The van der Waals surface area contributed by atoms with Gasteiger partial charge in [0.25, 0.3) is 0 Å². The normalized spacial score (nSPS) is 23.5. The number of nitrogens with two attached hydrogens (primary N) is 1. The first-order valence-electron chi connectivity index (χ1n) is 4.64. The molecule has 0 bridgehead atoms. The monoisotopic (exact) mass is 157 g/mol. The summed E-state index contributed by atoms with van der Waals surface area (Å²) in [5, 5.41) is 8.86. The Bertz CT molecular complexity index is 103. The number of hydrogen-bond donors (Lipinski definition) is 2. The Morgan fingerprint density at radius 2 is 1.82 bits per heavy atom. The van der Waals surface area contributed by atoms with Crippen molar-refractivity contribution in [1.29, 1.82) is 0 Å². The third-order valence-corrected chi connectivity index (χ3v) is 2.99. The van der Waals surface area contributed by atoms with Crippen LogP contribution in [0.15, 0.2) is 0 Å². The van der Waals surface area contributed by atoms with Crippen molar-refractivity contribution in [2.24, 2.45) is 11.1 Å². The zero-order valence-electron chi connectivity index (χ0n) is 7.18. The van der Waals surface area contributed by atoms with E-state index in [0.29, 0.717) is 12.0 Å². The van der Waals surface area contributed by atoms with Crippen LogP contribution in [0.25, 0.3) is 0 Å². The molecule has 0 spiro atoms. The second kappa shape index (κ2) is 4.07. The summed E-state index contributed by atoms with van der Waals surface area (Å²) in [5.74, 6) is 0. The topological polar surface area (TPSA) is 46.2 Å². The van der Waals surface area contributed by atoms with E-state index in [-0.39, 0.29) is 0 Å². The Morgan fingerprint density at radius 3 is 2.27 bits per heavy atom. The first-order chi connectivity index (χ1) is 5.33. The zero-order chi connectivity index (χ0) is 8.16. The van der Waals surface area contributed by atoms with Gasteiger partial charge < -0.3 is 10.8 Å². The third kappa shape index (κ3) is 2.17. The highest BCUT2D eigenvalue weighted by atomic mass is 16.3. The Balaban J connectivity index is 2.42. The van der Waals surface area contributed by atoms with E-state index < -0.39 is 0 Å². The van der Waals surface area contributed by atoms with Crippen molar-refractivity contribution in [3.63, 3.8) is 0 Å². The highest BCUT2D eigenvalue weighted by molar-refractivity contribution is 4.83. The van der Waals surface area contributed by atoms with E-state index in [2.05, 4.69) is 0 Å². The van der Waals surface area contributed by atoms with E-state index in [1.54, 1.807) is 0 Å². The van der Waals surface area contributed by atoms with Crippen LogP contribution in [-0.2, 0) is 0 Å². The van der Waals surface area contributed by atoms with Crippen molar-refractivity contribution in [2.45, 2.75) is 38.5 Å². The van der Waals surface area contributed by atoms with Gasteiger partial charge in [-0.15, -0.1) is 0 Å². The van der Waals surface area contributed by atoms with Crippen molar-refractivity contribution in [2.75, 3.05) is 13.2 Å². The van der Waals surface area contributed by atoms with Gasteiger partial charge in [0, 0.05) is 6.61 Å². The van der Waals surface area contributed by atoms with Gasteiger partial charge in [-0.3, -0.25) is 0 Å². The minimum atomic E-state index is 0.299. The Morgan fingerprint density at radius 1 is 1.18 bits per heavy atom. The lowest BCUT2D eigenvalue weighted by Crippen LogP contribution is -2.33. The summed E-state index contributed by atoms with van der Waals surface area (Å²) in [6, 6.07) is 0. The van der Waals surface area contributed by atoms with Crippen molar-refractivity contribution in [3.8, 4) is 0 Å². The maximum absolute atomic E-state index is 8.86. The molecule has 0 aromatic carbocycles. The standard InChI is InChI=1S/C9H19NO/c10-8-9(6-7-11)4-2-1-3-5-9/h11H,1-8,10H2. The van der Waals surface area contributed by atoms with Gasteiger partial charge in [-0.1, -0.05) is 19.3 Å². The van der Waals surface area contributed by atoms with Crippen LogP contribution in [0.4, 0.5) is 0 Å². The van der Waals surface area contributed by atoms with E-state index >= 15 is 0 Å². The Hall–Kier alpha value is -0.0800. The minimum absolute atomic E-state index is 0.299. The first kappa shape index (κ1) is 9.01. The van der Waals surface area contributed by atoms with E-state index in [0.717, 1.165) is 13.0 Å². The van der Waals surface area contributed by atoms with Crippen LogP contribution in [0.1, 0.15) is 38.5 Å². The van der Waals surface area contributed by atoms with Crippen LogP contribution >= 0.6 is 0 Å². The molecule has 1 aliphatic rings. The molecule has 1 aliphatic carbocycles. The summed E-state index contributed by atoms with van der Waals surface area (Å²) in [6.07, 6.45) is 7.32. The van der Waals surface area contributed by atoms with Crippen LogP contribution in [0, 0.1) is 5.41 Å². The molecule has 0 radical (unpaired) electrons. The SMILES string of the molecule is NCC1(CCO)CCCCC1. The lowest BCUT2D eigenvalue weighted by molar-refractivity contribution is 0.137. The molecule has 66 valence electrons. The van der Waals surface area contributed by atoms with Gasteiger partial charge in [-0.2, -0.15) is 0 Å². The molecule has 0 unspecified atom stereocenters. The maximum atomic E-state index is 8.86. The third-order valence-electron chi connectivity index (χ3n) is 2.99. The Kier molecular flexibility index (Phi) is 3.34. The molecule has 0 aromatic heterocycles. The van der Waals surface area contributed by atoms with Gasteiger partial charge in [0.2, 0.25) is 0 Å². The quantitative estimate of drug-likeness (QED) is 0.648. The molecule has 3 N–H and O–H groups in total. The molecule has 0 saturated heterocycles. The lowest BCUT2D eigenvalue weighted by atomic mass is 9.72. The van der Waals surface area contributed by atoms with Gasteiger partial charge in [-0.05, 0) is 31.2 Å². The fraction of sp³-hybridized carbons (Fsp3) is 1.00. The highest BCUT2D eigenvalue weighted by Crippen LogP contribution is 2.37. The fourth-order valence-corrected chi connectivity index (χ4v) is 2.10. The van der Waals surface area contributed by atoms with Crippen molar-refractivity contribution >= 4 is 0 Å². The summed E-state index contributed by atoms with van der Waals surface area (Å²) in [5.41, 5.74) is 6.01. The smallest absolute Gasteiger partial charge is 0.0436 e. The molecule has 1 saturated carbocycles. The number of hydrogen-bond acceptors (Lipinski definition) is 2. The zero-order valence-corrected chi connectivity index (χ0v) is 7.18.